The Morgan fingerprint density at radius 3 is 2.75 bits per heavy atom. The number of para-hydroxylation sites is 1. The highest BCUT2D eigenvalue weighted by atomic mass is 35.5. The van der Waals surface area contributed by atoms with E-state index < -0.39 is 0 Å². The van der Waals surface area contributed by atoms with Gasteiger partial charge in [0.05, 0.1) is 34.3 Å². The van der Waals surface area contributed by atoms with Crippen molar-refractivity contribution in [3.8, 4) is 0 Å². The van der Waals surface area contributed by atoms with Crippen molar-refractivity contribution in [2.45, 2.75) is 30.9 Å². The summed E-state index contributed by atoms with van der Waals surface area (Å²) in [6, 6.07) is 13.3. The fourth-order valence-corrected chi connectivity index (χ4v) is 5.03. The van der Waals surface area contributed by atoms with E-state index in [9.17, 15) is 4.79 Å². The van der Waals surface area contributed by atoms with Crippen molar-refractivity contribution in [2.75, 3.05) is 13.7 Å². The van der Waals surface area contributed by atoms with Crippen LogP contribution >= 0.6 is 23.4 Å². The number of thioether (sulfide) groups is 1. The zero-order valence-corrected chi connectivity index (χ0v) is 19.2. The SMILES string of the molecule is CCn1c(=O)c2ccccc2n2c(CSc3nc4cc(Cl)ccc4n3CCOC)nnc12. The van der Waals surface area contributed by atoms with Gasteiger partial charge in [-0.3, -0.25) is 13.8 Å². The number of hydrogen-bond donors (Lipinski definition) is 0. The van der Waals surface area contributed by atoms with Gasteiger partial charge in [0.1, 0.15) is 5.82 Å². The maximum atomic E-state index is 12.9. The number of benzene rings is 2. The molecule has 0 saturated carbocycles. The van der Waals surface area contributed by atoms with Crippen molar-refractivity contribution in [1.29, 1.82) is 0 Å². The van der Waals surface area contributed by atoms with Crippen LogP contribution < -0.4 is 5.56 Å². The summed E-state index contributed by atoms with van der Waals surface area (Å²) in [7, 11) is 1.68. The molecule has 8 nitrogen and oxygen atoms in total. The molecule has 0 bridgehead atoms. The van der Waals surface area contributed by atoms with E-state index in [0.717, 1.165) is 27.5 Å². The van der Waals surface area contributed by atoms with Gasteiger partial charge in [0, 0.05) is 25.2 Å². The van der Waals surface area contributed by atoms with Gasteiger partial charge in [0.15, 0.2) is 5.16 Å². The van der Waals surface area contributed by atoms with Crippen LogP contribution in [0.15, 0.2) is 52.4 Å². The number of imidazole rings is 1. The highest BCUT2D eigenvalue weighted by Crippen LogP contribution is 2.28. The number of aromatic nitrogens is 6. The predicted octanol–water partition coefficient (Wildman–Crippen LogP) is 4.01. The Hall–Kier alpha value is -2.88. The van der Waals surface area contributed by atoms with E-state index in [4.69, 9.17) is 21.3 Å². The quantitative estimate of drug-likeness (QED) is 0.336. The molecule has 0 spiro atoms. The number of aryl methyl sites for hydroxylation is 1. The Balaban J connectivity index is 1.59. The molecule has 0 saturated heterocycles. The van der Waals surface area contributed by atoms with E-state index in [1.165, 1.54) is 0 Å². The molecule has 0 radical (unpaired) electrons. The highest BCUT2D eigenvalue weighted by molar-refractivity contribution is 7.98. The smallest absolute Gasteiger partial charge is 0.262 e. The van der Waals surface area contributed by atoms with E-state index in [-0.39, 0.29) is 5.56 Å². The molecule has 5 rings (SSSR count). The fraction of sp³-hybridized carbons (Fsp3) is 0.273. The lowest BCUT2D eigenvalue weighted by Crippen LogP contribution is -2.22. The van der Waals surface area contributed by atoms with Crippen LogP contribution in [0.25, 0.3) is 27.7 Å². The average Bonchev–Trinajstić information content (AvgIpc) is 3.37. The zero-order valence-electron chi connectivity index (χ0n) is 17.7. The minimum absolute atomic E-state index is 0.0551. The average molecular weight is 469 g/mol. The Kier molecular flexibility index (Phi) is 5.62. The van der Waals surface area contributed by atoms with Crippen molar-refractivity contribution < 1.29 is 4.74 Å². The minimum Gasteiger partial charge on any atom is -0.383 e. The molecule has 32 heavy (non-hydrogen) atoms. The number of hydrogen-bond acceptors (Lipinski definition) is 6. The van der Waals surface area contributed by atoms with Crippen LogP contribution in [0.1, 0.15) is 12.7 Å². The second kappa shape index (κ2) is 8.57. The first-order valence-corrected chi connectivity index (χ1v) is 11.6. The second-order valence-electron chi connectivity index (χ2n) is 7.28. The molecule has 5 aromatic rings. The number of nitrogens with zero attached hydrogens (tertiary/aromatic N) is 6. The number of ether oxygens (including phenoxy) is 1. The highest BCUT2D eigenvalue weighted by Gasteiger charge is 2.18. The first-order chi connectivity index (χ1) is 15.6. The molecule has 0 aliphatic carbocycles. The van der Waals surface area contributed by atoms with E-state index in [1.54, 1.807) is 23.4 Å². The van der Waals surface area contributed by atoms with Crippen LogP contribution in [-0.2, 0) is 23.6 Å². The van der Waals surface area contributed by atoms with Crippen molar-refractivity contribution in [3.05, 3.63) is 63.7 Å². The second-order valence-corrected chi connectivity index (χ2v) is 8.66. The Labute approximate surface area is 192 Å². The van der Waals surface area contributed by atoms with Crippen LogP contribution in [0.2, 0.25) is 5.02 Å². The van der Waals surface area contributed by atoms with Crippen molar-refractivity contribution in [3.63, 3.8) is 0 Å². The third-order valence-electron chi connectivity index (χ3n) is 5.42. The van der Waals surface area contributed by atoms with Crippen LogP contribution in [0.5, 0.6) is 0 Å². The molecule has 0 fully saturated rings. The normalized spacial score (nSPS) is 11.8. The van der Waals surface area contributed by atoms with Gasteiger partial charge in [-0.25, -0.2) is 4.98 Å². The first-order valence-electron chi connectivity index (χ1n) is 10.3. The van der Waals surface area contributed by atoms with Crippen molar-refractivity contribution in [2.24, 2.45) is 0 Å². The Bertz CT molecular complexity index is 1510. The summed E-state index contributed by atoms with van der Waals surface area (Å²) < 4.78 is 11.0. The third-order valence-corrected chi connectivity index (χ3v) is 6.62. The maximum Gasteiger partial charge on any atom is 0.262 e. The molecule has 3 heterocycles. The minimum atomic E-state index is -0.0551. The summed E-state index contributed by atoms with van der Waals surface area (Å²) in [6.07, 6.45) is 0. The summed E-state index contributed by atoms with van der Waals surface area (Å²) >= 11 is 7.75. The Morgan fingerprint density at radius 1 is 1.09 bits per heavy atom. The number of fused-ring (bicyclic) bond motifs is 4. The summed E-state index contributed by atoms with van der Waals surface area (Å²) in [4.78, 5) is 17.7. The van der Waals surface area contributed by atoms with Gasteiger partial charge in [-0.15, -0.1) is 10.2 Å². The summed E-state index contributed by atoms with van der Waals surface area (Å²) in [5.41, 5.74) is 2.59. The van der Waals surface area contributed by atoms with E-state index in [2.05, 4.69) is 14.8 Å². The molecule has 0 aliphatic rings. The van der Waals surface area contributed by atoms with Gasteiger partial charge in [0.25, 0.3) is 5.56 Å². The molecule has 0 amide bonds. The van der Waals surface area contributed by atoms with Gasteiger partial charge in [-0.2, -0.15) is 0 Å². The summed E-state index contributed by atoms with van der Waals surface area (Å²) in [6.45, 7) is 3.70. The monoisotopic (exact) mass is 468 g/mol. The van der Waals surface area contributed by atoms with Gasteiger partial charge in [0.2, 0.25) is 5.78 Å². The van der Waals surface area contributed by atoms with E-state index >= 15 is 0 Å². The van der Waals surface area contributed by atoms with Gasteiger partial charge in [-0.05, 0) is 37.3 Å². The lowest BCUT2D eigenvalue weighted by molar-refractivity contribution is 0.186. The van der Waals surface area contributed by atoms with E-state index in [0.29, 0.717) is 41.6 Å². The lowest BCUT2D eigenvalue weighted by atomic mass is 10.2. The number of rotatable bonds is 7. The predicted molar refractivity (Wildman–Crippen MR) is 127 cm³/mol. The third kappa shape index (κ3) is 3.46. The van der Waals surface area contributed by atoms with E-state index in [1.807, 2.05) is 53.8 Å². The topological polar surface area (TPSA) is 79.2 Å². The molecular weight excluding hydrogens is 448 g/mol. The molecule has 0 aliphatic heterocycles. The number of halogens is 1. The molecule has 3 aromatic heterocycles. The van der Waals surface area contributed by atoms with Crippen LogP contribution in [-0.4, -0.2) is 42.4 Å². The fourth-order valence-electron chi connectivity index (χ4n) is 3.91. The van der Waals surface area contributed by atoms with Gasteiger partial charge >= 0.3 is 0 Å². The molecule has 10 heteroatoms. The number of methoxy groups -OCH3 is 1. The van der Waals surface area contributed by atoms with Crippen LogP contribution in [0.4, 0.5) is 0 Å². The largest absolute Gasteiger partial charge is 0.383 e. The van der Waals surface area contributed by atoms with Gasteiger partial charge in [-0.1, -0.05) is 35.5 Å². The molecule has 0 N–H and O–H groups in total. The van der Waals surface area contributed by atoms with Crippen molar-refractivity contribution >= 4 is 51.1 Å². The Morgan fingerprint density at radius 2 is 1.94 bits per heavy atom. The summed E-state index contributed by atoms with van der Waals surface area (Å²) in [5.74, 6) is 1.84. The molecule has 0 atom stereocenters. The molecular formula is C22H21ClN6O2S. The molecule has 0 unspecified atom stereocenters. The maximum absolute atomic E-state index is 12.9. The van der Waals surface area contributed by atoms with Crippen LogP contribution in [0.3, 0.4) is 0 Å². The van der Waals surface area contributed by atoms with Crippen molar-refractivity contribution in [1.82, 2.24) is 28.7 Å². The first kappa shape index (κ1) is 21.0. The van der Waals surface area contributed by atoms with Gasteiger partial charge < -0.3 is 9.30 Å². The lowest BCUT2D eigenvalue weighted by Gasteiger charge is -2.10. The standard InChI is InChI=1S/C22H21ClN6O2S/c1-3-27-20(30)15-6-4-5-7-17(15)29-19(25-26-21(27)29)13-32-22-24-16-12-14(23)8-9-18(16)28(22)10-11-31-2/h4-9,12H,3,10-11,13H2,1-2H3. The summed E-state index contributed by atoms with van der Waals surface area (Å²) in [5, 5.41) is 10.9. The molecule has 2 aromatic carbocycles. The van der Waals surface area contributed by atoms with Crippen LogP contribution in [0, 0.1) is 0 Å². The zero-order chi connectivity index (χ0) is 22.2. The molecule has 164 valence electrons.